The largest absolute Gasteiger partial charge is 0.481 e. The molecule has 1 aliphatic rings. The highest BCUT2D eigenvalue weighted by Gasteiger charge is 2.30. The van der Waals surface area contributed by atoms with E-state index in [0.717, 1.165) is 25.7 Å². The summed E-state index contributed by atoms with van der Waals surface area (Å²) >= 11 is 0. The summed E-state index contributed by atoms with van der Waals surface area (Å²) in [6.45, 7) is 5.42. The molecule has 134 valence electrons. The summed E-state index contributed by atoms with van der Waals surface area (Å²) in [6.07, 6.45) is 9.71. The number of carbonyl (C=O) groups is 2. The molecule has 2 atom stereocenters. The predicted octanol–water partition coefficient (Wildman–Crippen LogP) is 4.50. The molecule has 0 saturated heterocycles. The molecule has 0 aliphatic heterocycles. The van der Waals surface area contributed by atoms with Crippen LogP contribution in [0, 0.1) is 5.92 Å². The molecule has 0 radical (unpaired) electrons. The number of amides is 1. The van der Waals surface area contributed by atoms with Gasteiger partial charge in [0.05, 0.1) is 5.92 Å². The maximum absolute atomic E-state index is 12.0. The Bertz CT molecular complexity index is 376. The summed E-state index contributed by atoms with van der Waals surface area (Å²) in [7, 11) is 0. The second-order valence-corrected chi connectivity index (χ2v) is 7.60. The van der Waals surface area contributed by atoms with Gasteiger partial charge in [-0.15, -0.1) is 0 Å². The van der Waals surface area contributed by atoms with Gasteiger partial charge in [0.1, 0.15) is 5.60 Å². The average Bonchev–Trinajstić information content (AvgIpc) is 2.39. The number of carboxylic acid groups (broad SMARTS) is 1. The van der Waals surface area contributed by atoms with Crippen molar-refractivity contribution in [3.8, 4) is 0 Å². The van der Waals surface area contributed by atoms with Gasteiger partial charge in [-0.3, -0.25) is 4.79 Å². The van der Waals surface area contributed by atoms with Crippen LogP contribution in [0.15, 0.2) is 0 Å². The number of ether oxygens (including phenoxy) is 1. The Balaban J connectivity index is 2.71. The number of hydrogen-bond acceptors (Lipinski definition) is 3. The summed E-state index contributed by atoms with van der Waals surface area (Å²) in [5.74, 6) is -1.34. The lowest BCUT2D eigenvalue weighted by Gasteiger charge is -2.27. The van der Waals surface area contributed by atoms with E-state index in [2.05, 4.69) is 5.32 Å². The highest BCUT2D eigenvalue weighted by molar-refractivity contribution is 5.73. The van der Waals surface area contributed by atoms with Crippen LogP contribution in [0.2, 0.25) is 0 Å². The number of nitrogens with one attached hydrogen (secondary N) is 1. The lowest BCUT2D eigenvalue weighted by atomic mass is 9.88. The molecule has 0 aromatic carbocycles. The zero-order valence-electron chi connectivity index (χ0n) is 14.9. The van der Waals surface area contributed by atoms with Crippen molar-refractivity contribution in [1.82, 2.24) is 5.32 Å². The monoisotopic (exact) mass is 327 g/mol. The SMILES string of the molecule is CC(C)(C)OC(=O)NC1CCCCCCCCCC[C@@H]1C(=O)O. The first-order valence-electron chi connectivity index (χ1n) is 9.02. The van der Waals surface area contributed by atoms with Gasteiger partial charge in [-0.2, -0.15) is 0 Å². The molecule has 5 heteroatoms. The van der Waals surface area contributed by atoms with Crippen LogP contribution < -0.4 is 5.32 Å². The van der Waals surface area contributed by atoms with Crippen LogP contribution in [0.4, 0.5) is 4.79 Å². The van der Waals surface area contributed by atoms with Crippen LogP contribution in [-0.2, 0) is 9.53 Å². The fraction of sp³-hybridized carbons (Fsp3) is 0.889. The van der Waals surface area contributed by atoms with Gasteiger partial charge in [0.25, 0.3) is 0 Å². The molecule has 1 saturated carbocycles. The Morgan fingerprint density at radius 2 is 1.39 bits per heavy atom. The Hall–Kier alpha value is -1.26. The summed E-state index contributed by atoms with van der Waals surface area (Å²) in [4.78, 5) is 23.7. The fourth-order valence-corrected chi connectivity index (χ4v) is 3.12. The highest BCUT2D eigenvalue weighted by Crippen LogP contribution is 2.22. The van der Waals surface area contributed by atoms with E-state index >= 15 is 0 Å². The van der Waals surface area contributed by atoms with Crippen LogP contribution in [0.3, 0.4) is 0 Å². The molecular formula is C18H33NO4. The van der Waals surface area contributed by atoms with Gasteiger partial charge >= 0.3 is 12.1 Å². The molecule has 23 heavy (non-hydrogen) atoms. The first kappa shape index (κ1) is 19.8. The maximum atomic E-state index is 12.0. The second-order valence-electron chi connectivity index (χ2n) is 7.60. The molecule has 0 bridgehead atoms. The number of carbonyl (C=O) groups excluding carboxylic acids is 1. The lowest BCUT2D eigenvalue weighted by molar-refractivity contribution is -0.143. The van der Waals surface area contributed by atoms with E-state index in [0.29, 0.717) is 12.8 Å². The number of aliphatic carboxylic acids is 1. The number of hydrogen-bond donors (Lipinski definition) is 2. The zero-order valence-corrected chi connectivity index (χ0v) is 14.9. The van der Waals surface area contributed by atoms with Crippen LogP contribution in [0.25, 0.3) is 0 Å². The molecular weight excluding hydrogens is 294 g/mol. The molecule has 1 aliphatic carbocycles. The minimum absolute atomic E-state index is 0.346. The van der Waals surface area contributed by atoms with Crippen molar-refractivity contribution in [3.63, 3.8) is 0 Å². The highest BCUT2D eigenvalue weighted by atomic mass is 16.6. The number of alkyl carbamates (subject to hydrolysis) is 1. The first-order valence-corrected chi connectivity index (χ1v) is 9.02. The molecule has 2 N–H and O–H groups in total. The van der Waals surface area contributed by atoms with Crippen LogP contribution >= 0.6 is 0 Å². The van der Waals surface area contributed by atoms with Crippen LogP contribution in [-0.4, -0.2) is 28.8 Å². The standard InChI is InChI=1S/C18H33NO4/c1-18(2,3)23-17(22)19-15-13-11-9-7-5-4-6-8-10-12-14(15)16(20)21/h14-15H,4-13H2,1-3H3,(H,19,22)(H,20,21)/t14-,15?/m0/s1. The van der Waals surface area contributed by atoms with Crippen molar-refractivity contribution in [1.29, 1.82) is 0 Å². The molecule has 0 spiro atoms. The van der Waals surface area contributed by atoms with Crippen LogP contribution in [0.5, 0.6) is 0 Å². The van der Waals surface area contributed by atoms with Crippen LogP contribution in [0.1, 0.15) is 85.0 Å². The minimum atomic E-state index is -0.817. The molecule has 0 aromatic rings. The molecule has 1 fully saturated rings. The molecule has 1 rings (SSSR count). The zero-order chi connectivity index (χ0) is 17.3. The summed E-state index contributed by atoms with van der Waals surface area (Å²) in [6, 6.07) is -0.346. The molecule has 1 unspecified atom stereocenters. The summed E-state index contributed by atoms with van der Waals surface area (Å²) < 4.78 is 5.30. The van der Waals surface area contributed by atoms with Crippen molar-refractivity contribution in [2.45, 2.75) is 96.6 Å². The van der Waals surface area contributed by atoms with E-state index in [1.54, 1.807) is 0 Å². The third-order valence-corrected chi connectivity index (χ3v) is 4.29. The quantitative estimate of drug-likeness (QED) is 0.783. The van der Waals surface area contributed by atoms with Crippen molar-refractivity contribution in [2.75, 3.05) is 0 Å². The molecule has 0 heterocycles. The maximum Gasteiger partial charge on any atom is 0.407 e. The third-order valence-electron chi connectivity index (χ3n) is 4.29. The number of rotatable bonds is 2. The van der Waals surface area contributed by atoms with Crippen molar-refractivity contribution < 1.29 is 19.4 Å². The van der Waals surface area contributed by atoms with Crippen molar-refractivity contribution >= 4 is 12.1 Å². The predicted molar refractivity (Wildman–Crippen MR) is 90.5 cm³/mol. The number of carboxylic acids is 1. The van der Waals surface area contributed by atoms with Gasteiger partial charge in [-0.1, -0.05) is 51.4 Å². The topological polar surface area (TPSA) is 75.6 Å². The van der Waals surface area contributed by atoms with E-state index in [1.165, 1.54) is 25.7 Å². The Kier molecular flexibility index (Phi) is 8.42. The molecule has 1 amide bonds. The Morgan fingerprint density at radius 3 is 1.87 bits per heavy atom. The van der Waals surface area contributed by atoms with Gasteiger partial charge in [-0.05, 0) is 33.6 Å². The lowest BCUT2D eigenvalue weighted by Crippen LogP contribution is -2.45. The summed E-state index contributed by atoms with van der Waals surface area (Å²) in [5.41, 5.74) is -0.575. The molecule has 0 aromatic heterocycles. The van der Waals surface area contributed by atoms with E-state index in [9.17, 15) is 14.7 Å². The smallest absolute Gasteiger partial charge is 0.407 e. The fourth-order valence-electron chi connectivity index (χ4n) is 3.12. The van der Waals surface area contributed by atoms with Gasteiger partial charge in [0, 0.05) is 6.04 Å². The van der Waals surface area contributed by atoms with E-state index in [4.69, 9.17) is 4.74 Å². The Labute approximate surface area is 140 Å². The Morgan fingerprint density at radius 1 is 0.913 bits per heavy atom. The van der Waals surface area contributed by atoms with E-state index in [-0.39, 0.29) is 6.04 Å². The van der Waals surface area contributed by atoms with Crippen molar-refractivity contribution in [3.05, 3.63) is 0 Å². The van der Waals surface area contributed by atoms with E-state index < -0.39 is 23.6 Å². The van der Waals surface area contributed by atoms with Gasteiger partial charge < -0.3 is 15.2 Å². The third kappa shape index (κ3) is 8.82. The normalized spacial score (nSPS) is 24.8. The summed E-state index contributed by atoms with van der Waals surface area (Å²) in [5, 5.41) is 12.4. The second kappa shape index (κ2) is 9.78. The molecule has 5 nitrogen and oxygen atoms in total. The average molecular weight is 327 g/mol. The van der Waals surface area contributed by atoms with Gasteiger partial charge in [0.2, 0.25) is 0 Å². The van der Waals surface area contributed by atoms with Gasteiger partial charge in [0.15, 0.2) is 0 Å². The van der Waals surface area contributed by atoms with Gasteiger partial charge in [-0.25, -0.2) is 4.79 Å². The van der Waals surface area contributed by atoms with Crippen molar-refractivity contribution in [2.24, 2.45) is 5.92 Å². The first-order chi connectivity index (χ1) is 10.8. The van der Waals surface area contributed by atoms with E-state index in [1.807, 2.05) is 20.8 Å². The minimum Gasteiger partial charge on any atom is -0.481 e.